The summed E-state index contributed by atoms with van der Waals surface area (Å²) in [5.41, 5.74) is 2.49. The summed E-state index contributed by atoms with van der Waals surface area (Å²) in [5.74, 6) is 7.14. The van der Waals surface area contributed by atoms with Gasteiger partial charge in [0.05, 0.1) is 5.56 Å². The highest BCUT2D eigenvalue weighted by atomic mass is 16.5. The average molecular weight is 447 g/mol. The topological polar surface area (TPSA) is 87.0 Å². The van der Waals surface area contributed by atoms with Gasteiger partial charge in [0.1, 0.15) is 34.8 Å². The monoisotopic (exact) mass is 446 g/mol. The molecule has 5 heteroatoms. The van der Waals surface area contributed by atoms with Crippen molar-refractivity contribution >= 4 is 17.0 Å². The van der Waals surface area contributed by atoms with Gasteiger partial charge in [0.15, 0.2) is 0 Å². The van der Waals surface area contributed by atoms with E-state index < -0.39 is 5.63 Å². The summed E-state index contributed by atoms with van der Waals surface area (Å²) in [4.78, 5) is 12.7. The molecule has 0 atom stereocenters. The molecule has 0 saturated carbocycles. The molecule has 1 aromatic heterocycles. The zero-order chi connectivity index (χ0) is 24.3. The van der Waals surface area contributed by atoms with Crippen LogP contribution in [0.2, 0.25) is 0 Å². The Morgan fingerprint density at radius 3 is 2.65 bits per heavy atom. The van der Waals surface area contributed by atoms with E-state index in [-0.39, 0.29) is 11.0 Å². The summed E-state index contributed by atoms with van der Waals surface area (Å²) in [7, 11) is 0. The van der Waals surface area contributed by atoms with Gasteiger partial charge in [-0.25, -0.2) is 4.79 Å². The van der Waals surface area contributed by atoms with E-state index in [4.69, 9.17) is 9.15 Å². The molecule has 4 rings (SSSR count). The summed E-state index contributed by atoms with van der Waals surface area (Å²) in [6.07, 6.45) is 12.2. The minimum absolute atomic E-state index is 0.00407. The van der Waals surface area contributed by atoms with Gasteiger partial charge in [-0.1, -0.05) is 38.7 Å². The molecule has 2 aliphatic rings. The van der Waals surface area contributed by atoms with Crippen LogP contribution in [0, 0.1) is 39.9 Å². The van der Waals surface area contributed by atoms with E-state index in [1.807, 2.05) is 57.2 Å². The van der Waals surface area contributed by atoms with Crippen LogP contribution in [0.1, 0.15) is 43.9 Å². The summed E-state index contributed by atoms with van der Waals surface area (Å²) in [6, 6.07) is 9.47. The van der Waals surface area contributed by atoms with Crippen LogP contribution < -0.4 is 5.63 Å². The summed E-state index contributed by atoms with van der Waals surface area (Å²) in [6.45, 7) is 5.93. The number of fused-ring (bicyclic) bond motifs is 2. The van der Waals surface area contributed by atoms with Crippen molar-refractivity contribution in [3.05, 3.63) is 98.4 Å². The normalized spacial score (nSPS) is 16.0. The van der Waals surface area contributed by atoms with Gasteiger partial charge in [0, 0.05) is 21.9 Å². The van der Waals surface area contributed by atoms with Crippen LogP contribution in [0.25, 0.3) is 17.0 Å². The van der Waals surface area contributed by atoms with E-state index in [2.05, 4.69) is 11.8 Å². The summed E-state index contributed by atoms with van der Waals surface area (Å²) in [5, 5.41) is 19.4. The maximum absolute atomic E-state index is 12.7. The van der Waals surface area contributed by atoms with Gasteiger partial charge in [-0.3, -0.25) is 0 Å². The quantitative estimate of drug-likeness (QED) is 0.328. The molecule has 0 bridgehead atoms. The predicted octanol–water partition coefficient (Wildman–Crippen LogP) is 5.85. The number of nitriles is 2. The van der Waals surface area contributed by atoms with Crippen molar-refractivity contribution in [3.63, 3.8) is 0 Å². The zero-order valence-corrected chi connectivity index (χ0v) is 19.2. The molecule has 0 amide bonds. The lowest BCUT2D eigenvalue weighted by Gasteiger charge is -2.26. The Kier molecular flexibility index (Phi) is 6.09. The Labute approximate surface area is 198 Å². The van der Waals surface area contributed by atoms with Crippen LogP contribution in [-0.4, -0.2) is 0 Å². The Morgan fingerprint density at radius 1 is 1.12 bits per heavy atom. The van der Waals surface area contributed by atoms with E-state index in [0.717, 1.165) is 29.4 Å². The fourth-order valence-electron chi connectivity index (χ4n) is 3.61. The minimum Gasteiger partial charge on any atom is -0.461 e. The first-order chi connectivity index (χ1) is 16.3. The van der Waals surface area contributed by atoms with Gasteiger partial charge in [-0.05, 0) is 67.0 Å². The van der Waals surface area contributed by atoms with E-state index in [1.165, 1.54) is 0 Å². The molecule has 0 unspecified atom stereocenters. The third kappa shape index (κ3) is 4.78. The van der Waals surface area contributed by atoms with E-state index in [9.17, 15) is 15.3 Å². The Balaban J connectivity index is 1.73. The van der Waals surface area contributed by atoms with Crippen LogP contribution >= 0.6 is 0 Å². The molecule has 1 aromatic carbocycles. The number of allylic oxidation sites excluding steroid dienone is 8. The van der Waals surface area contributed by atoms with Crippen LogP contribution in [0.3, 0.4) is 0 Å². The molecule has 0 radical (unpaired) electrons. The van der Waals surface area contributed by atoms with Crippen LogP contribution in [-0.2, 0) is 11.2 Å². The molecular weight excluding hydrogens is 424 g/mol. The summed E-state index contributed by atoms with van der Waals surface area (Å²) < 4.78 is 11.6. The highest BCUT2D eigenvalue weighted by molar-refractivity contribution is 5.82. The van der Waals surface area contributed by atoms with Crippen molar-refractivity contribution in [1.82, 2.24) is 0 Å². The van der Waals surface area contributed by atoms with Gasteiger partial charge >= 0.3 is 5.63 Å². The van der Waals surface area contributed by atoms with Crippen LogP contribution in [0.4, 0.5) is 0 Å². The SMILES string of the molecule is CC(C)(C)C1=CC(=C(C#N)C#N)C=C(/C=C/c2cc3cc4c(cc3oc2=O)C#C/C=C\CC4)O1. The van der Waals surface area contributed by atoms with Gasteiger partial charge in [-0.2, -0.15) is 10.5 Å². The van der Waals surface area contributed by atoms with Crippen molar-refractivity contribution in [2.45, 2.75) is 33.6 Å². The molecule has 0 saturated heterocycles. The first-order valence-corrected chi connectivity index (χ1v) is 10.9. The highest BCUT2D eigenvalue weighted by Gasteiger charge is 2.24. The number of hydrogen-bond acceptors (Lipinski definition) is 5. The number of ether oxygens (including phenoxy) is 1. The minimum atomic E-state index is -0.476. The van der Waals surface area contributed by atoms with Crippen LogP contribution in [0.15, 0.2) is 80.5 Å². The second-order valence-corrected chi connectivity index (χ2v) is 9.04. The van der Waals surface area contributed by atoms with Crippen molar-refractivity contribution in [2.75, 3.05) is 0 Å². The molecule has 2 aromatic rings. The van der Waals surface area contributed by atoms with Crippen molar-refractivity contribution in [3.8, 4) is 24.0 Å². The number of benzene rings is 1. The van der Waals surface area contributed by atoms with Crippen LogP contribution in [0.5, 0.6) is 0 Å². The fourth-order valence-corrected chi connectivity index (χ4v) is 3.61. The summed E-state index contributed by atoms with van der Waals surface area (Å²) >= 11 is 0. The van der Waals surface area contributed by atoms with Crippen molar-refractivity contribution < 1.29 is 9.15 Å². The van der Waals surface area contributed by atoms with Crippen molar-refractivity contribution in [2.24, 2.45) is 5.41 Å². The van der Waals surface area contributed by atoms with E-state index in [0.29, 0.717) is 28.2 Å². The predicted molar refractivity (Wildman–Crippen MR) is 131 cm³/mol. The van der Waals surface area contributed by atoms with Gasteiger partial charge in [0.25, 0.3) is 0 Å². The first kappa shape index (κ1) is 22.7. The largest absolute Gasteiger partial charge is 0.461 e. The third-order valence-electron chi connectivity index (χ3n) is 5.46. The first-order valence-electron chi connectivity index (χ1n) is 10.9. The second kappa shape index (κ2) is 9.14. The van der Waals surface area contributed by atoms with Gasteiger partial charge in [0.2, 0.25) is 0 Å². The van der Waals surface area contributed by atoms with E-state index in [1.54, 1.807) is 30.4 Å². The molecule has 166 valence electrons. The molecule has 1 aliphatic carbocycles. The highest BCUT2D eigenvalue weighted by Crippen LogP contribution is 2.34. The molecule has 0 fully saturated rings. The molecule has 5 nitrogen and oxygen atoms in total. The van der Waals surface area contributed by atoms with Crippen molar-refractivity contribution in [1.29, 1.82) is 10.5 Å². The molecule has 34 heavy (non-hydrogen) atoms. The molecule has 0 spiro atoms. The number of rotatable bonds is 2. The van der Waals surface area contributed by atoms with Gasteiger partial charge in [-0.15, -0.1) is 0 Å². The molecule has 0 N–H and O–H groups in total. The second-order valence-electron chi connectivity index (χ2n) is 9.04. The lowest BCUT2D eigenvalue weighted by atomic mass is 9.90. The number of aryl methyl sites for hydroxylation is 1. The number of hydrogen-bond donors (Lipinski definition) is 0. The smallest absolute Gasteiger partial charge is 0.343 e. The molecule has 1 aliphatic heterocycles. The Morgan fingerprint density at radius 2 is 1.91 bits per heavy atom. The van der Waals surface area contributed by atoms with Gasteiger partial charge < -0.3 is 9.15 Å². The maximum atomic E-state index is 12.7. The Bertz CT molecular complexity index is 1530. The third-order valence-corrected chi connectivity index (χ3v) is 5.46. The lowest BCUT2D eigenvalue weighted by Crippen LogP contribution is -2.15. The standard InChI is InChI=1S/C29H22N2O3/c1-29(2,3)27-16-22(24(17-30)18-31)14-25(33-27)11-10-21-13-23-12-19-8-6-4-5-7-9-20(19)15-26(23)34-28(21)32/h4-5,10-16H,6,8H2,1-3H3/b5-4-,11-10+. The molecular formula is C29H22N2O3. The lowest BCUT2D eigenvalue weighted by molar-refractivity contribution is 0.223. The zero-order valence-electron chi connectivity index (χ0n) is 19.2. The van der Waals surface area contributed by atoms with E-state index >= 15 is 0 Å². The fraction of sp³-hybridized carbons (Fsp3) is 0.207. The number of nitrogens with zero attached hydrogens (tertiary/aromatic N) is 2. The average Bonchev–Trinajstić information content (AvgIpc) is 2.78. The Hall–Kier alpha value is -4.53. The maximum Gasteiger partial charge on any atom is 0.343 e. The molecule has 2 heterocycles.